The normalized spacial score (nSPS) is 22.2. The second-order valence-corrected chi connectivity index (χ2v) is 11.9. The van der Waals surface area contributed by atoms with Crippen molar-refractivity contribution in [2.75, 3.05) is 6.61 Å². The van der Waals surface area contributed by atoms with Gasteiger partial charge in [-0.3, -0.25) is 0 Å². The van der Waals surface area contributed by atoms with Crippen LogP contribution in [0.3, 0.4) is 0 Å². The molecule has 1 aromatic heterocycles. The molecule has 5 nitrogen and oxygen atoms in total. The molecule has 0 amide bonds. The summed E-state index contributed by atoms with van der Waals surface area (Å²) in [4.78, 5) is 6.69. The van der Waals surface area contributed by atoms with Gasteiger partial charge in [-0.1, -0.05) is 38.3 Å². The predicted octanol–water partition coefficient (Wildman–Crippen LogP) is 7.94. The average molecular weight is 586 g/mol. The number of ether oxygens (including phenoxy) is 1. The number of hydrogen-bond donors (Lipinski definition) is 3. The minimum Gasteiger partial charge on any atom is -0.492 e. The van der Waals surface area contributed by atoms with Gasteiger partial charge in [-0.2, -0.15) is 26.3 Å². The maximum absolute atomic E-state index is 13.7. The van der Waals surface area contributed by atoms with Crippen molar-refractivity contribution in [3.63, 3.8) is 0 Å². The summed E-state index contributed by atoms with van der Waals surface area (Å²) in [7, 11) is 0. The molecule has 226 valence electrons. The van der Waals surface area contributed by atoms with Crippen LogP contribution in [-0.2, 0) is 18.0 Å². The van der Waals surface area contributed by atoms with Crippen LogP contribution in [0.25, 0.3) is 11.0 Å². The van der Waals surface area contributed by atoms with Crippen LogP contribution in [0.4, 0.5) is 26.3 Å². The van der Waals surface area contributed by atoms with Crippen LogP contribution in [-0.4, -0.2) is 33.8 Å². The predicted molar refractivity (Wildman–Crippen MR) is 145 cm³/mol. The van der Waals surface area contributed by atoms with Gasteiger partial charge in [-0.15, -0.1) is 0 Å². The molecule has 2 aliphatic rings. The molecule has 2 fully saturated rings. The first kappa shape index (κ1) is 31.2. The highest BCUT2D eigenvalue weighted by molar-refractivity contribution is 5.81. The van der Waals surface area contributed by atoms with Crippen LogP contribution < -0.4 is 10.1 Å². The Morgan fingerprint density at radius 1 is 0.951 bits per heavy atom. The number of aliphatic hydroxyl groups is 1. The Hall–Kier alpha value is -2.79. The quantitative estimate of drug-likeness (QED) is 0.266. The zero-order chi connectivity index (χ0) is 30.2. The smallest absolute Gasteiger partial charge is 0.418 e. The summed E-state index contributed by atoms with van der Waals surface area (Å²) in [6.07, 6.45) is -3.37. The van der Waals surface area contributed by atoms with Crippen molar-refractivity contribution >= 4 is 11.0 Å². The molecule has 0 radical (unpaired) electrons. The van der Waals surface area contributed by atoms with Gasteiger partial charge in [0, 0.05) is 18.2 Å². The molecule has 1 aliphatic heterocycles. The number of nitrogens with zero attached hydrogens (tertiary/aromatic N) is 1. The molecule has 1 saturated carbocycles. The summed E-state index contributed by atoms with van der Waals surface area (Å²) in [5.41, 5.74) is -2.59. The molecular formula is C30H37F6N3O2. The molecule has 1 saturated heterocycles. The summed E-state index contributed by atoms with van der Waals surface area (Å²) >= 11 is 0. The first-order chi connectivity index (χ1) is 19.0. The summed E-state index contributed by atoms with van der Waals surface area (Å²) < 4.78 is 85.6. The fourth-order valence-electron chi connectivity index (χ4n) is 5.23. The highest BCUT2D eigenvalue weighted by atomic mass is 19.4. The molecule has 41 heavy (non-hydrogen) atoms. The van der Waals surface area contributed by atoms with Gasteiger partial charge in [0.15, 0.2) is 0 Å². The molecular weight excluding hydrogens is 548 g/mol. The van der Waals surface area contributed by atoms with Gasteiger partial charge in [0.1, 0.15) is 29.3 Å². The van der Waals surface area contributed by atoms with Crippen molar-refractivity contribution in [2.45, 2.75) is 95.8 Å². The Balaban J connectivity index is 0.000000699. The maximum atomic E-state index is 13.7. The number of aromatic nitrogens is 2. The lowest BCUT2D eigenvalue weighted by Gasteiger charge is -2.35. The summed E-state index contributed by atoms with van der Waals surface area (Å²) in [6, 6.07) is 7.19. The third kappa shape index (κ3) is 7.94. The van der Waals surface area contributed by atoms with Crippen molar-refractivity contribution in [3.8, 4) is 5.75 Å². The van der Waals surface area contributed by atoms with Crippen LogP contribution in [0.1, 0.15) is 88.2 Å². The number of piperidine rings is 1. The number of fused-ring (bicyclic) bond motifs is 1. The molecule has 5 rings (SSSR count). The van der Waals surface area contributed by atoms with Crippen molar-refractivity contribution in [3.05, 3.63) is 58.9 Å². The van der Waals surface area contributed by atoms with E-state index in [1.165, 1.54) is 51.3 Å². The lowest BCUT2D eigenvalue weighted by atomic mass is 9.83. The van der Waals surface area contributed by atoms with E-state index in [4.69, 9.17) is 4.74 Å². The Morgan fingerprint density at radius 3 is 2.10 bits per heavy atom. The van der Waals surface area contributed by atoms with E-state index in [9.17, 15) is 31.4 Å². The Kier molecular flexibility index (Phi) is 8.99. The molecule has 3 N–H and O–H groups in total. The molecule has 1 aliphatic carbocycles. The highest BCUT2D eigenvalue weighted by Crippen LogP contribution is 2.38. The number of hydrogen-bond acceptors (Lipinski definition) is 4. The minimum atomic E-state index is -4.69. The Morgan fingerprint density at radius 2 is 1.59 bits per heavy atom. The van der Waals surface area contributed by atoms with Crippen molar-refractivity contribution < 1.29 is 36.2 Å². The molecule has 2 heterocycles. The topological polar surface area (TPSA) is 70.2 Å². The molecule has 0 spiro atoms. The van der Waals surface area contributed by atoms with Crippen LogP contribution in [0, 0.1) is 5.92 Å². The number of nitrogens with one attached hydrogen (secondary N) is 2. The molecule has 0 bridgehead atoms. The van der Waals surface area contributed by atoms with Crippen LogP contribution in [0.2, 0.25) is 0 Å². The second kappa shape index (κ2) is 11.8. The van der Waals surface area contributed by atoms with Gasteiger partial charge in [-0.25, -0.2) is 4.98 Å². The first-order valence-corrected chi connectivity index (χ1v) is 13.9. The molecule has 3 aromatic rings. The number of benzene rings is 2. The summed E-state index contributed by atoms with van der Waals surface area (Å²) in [5, 5.41) is 13.5. The monoisotopic (exact) mass is 585 g/mol. The van der Waals surface area contributed by atoms with Gasteiger partial charge in [-0.05, 0) is 69.2 Å². The lowest BCUT2D eigenvalue weighted by molar-refractivity contribution is -0.138. The number of rotatable bonds is 5. The van der Waals surface area contributed by atoms with Crippen molar-refractivity contribution in [1.29, 1.82) is 0 Å². The number of H-pyrrole nitrogens is 1. The van der Waals surface area contributed by atoms with Gasteiger partial charge in [0.25, 0.3) is 0 Å². The average Bonchev–Trinajstić information content (AvgIpc) is 3.30. The van der Waals surface area contributed by atoms with Crippen molar-refractivity contribution in [2.24, 2.45) is 5.92 Å². The highest BCUT2D eigenvalue weighted by Gasteiger charge is 2.36. The van der Waals surface area contributed by atoms with E-state index >= 15 is 0 Å². The fraction of sp³-hybridized carbons (Fsp3) is 0.567. The molecule has 3 unspecified atom stereocenters. The Bertz CT molecular complexity index is 1310. The van der Waals surface area contributed by atoms with E-state index in [1.54, 1.807) is 0 Å². The number of alkyl halides is 6. The van der Waals surface area contributed by atoms with Gasteiger partial charge in [0.2, 0.25) is 0 Å². The maximum Gasteiger partial charge on any atom is 0.418 e. The van der Waals surface area contributed by atoms with E-state index < -0.39 is 29.1 Å². The molecule has 3 atom stereocenters. The number of halogens is 6. The van der Waals surface area contributed by atoms with Gasteiger partial charge >= 0.3 is 12.4 Å². The van der Waals surface area contributed by atoms with E-state index in [1.807, 2.05) is 6.92 Å². The zero-order valence-electron chi connectivity index (χ0n) is 23.6. The third-order valence-electron chi connectivity index (χ3n) is 7.73. The van der Waals surface area contributed by atoms with Crippen LogP contribution in [0.5, 0.6) is 5.75 Å². The van der Waals surface area contributed by atoms with Gasteiger partial charge in [0.05, 0.1) is 16.6 Å². The van der Waals surface area contributed by atoms with Crippen LogP contribution >= 0.6 is 0 Å². The van der Waals surface area contributed by atoms with E-state index in [0.29, 0.717) is 12.8 Å². The minimum absolute atomic E-state index is 0.00213. The number of aromatic amines is 1. The largest absolute Gasteiger partial charge is 0.492 e. The molecule has 2 aromatic carbocycles. The SMILES string of the molecule is CC1CC(c2ccc(C(F)(F)F)cc2)CC(COc2cc(C(F)(F)F)c3nc(C(C)(C)O)[nH]c3c2)N1.CC1CCC1. The van der Waals surface area contributed by atoms with Gasteiger partial charge < -0.3 is 20.1 Å². The molecule has 11 heteroatoms. The Labute approximate surface area is 235 Å². The second-order valence-electron chi connectivity index (χ2n) is 11.9. The van der Waals surface area contributed by atoms with E-state index in [-0.39, 0.29) is 47.2 Å². The fourth-order valence-corrected chi connectivity index (χ4v) is 5.23. The van der Waals surface area contributed by atoms with Crippen molar-refractivity contribution in [1.82, 2.24) is 15.3 Å². The lowest BCUT2D eigenvalue weighted by Crippen LogP contribution is -2.46. The third-order valence-corrected chi connectivity index (χ3v) is 7.73. The van der Waals surface area contributed by atoms with Crippen LogP contribution in [0.15, 0.2) is 36.4 Å². The summed E-state index contributed by atoms with van der Waals surface area (Å²) in [5.74, 6) is 1.04. The number of imidazole rings is 1. The van der Waals surface area contributed by atoms with E-state index in [0.717, 1.165) is 29.7 Å². The first-order valence-electron chi connectivity index (χ1n) is 13.9. The summed E-state index contributed by atoms with van der Waals surface area (Å²) in [6.45, 7) is 7.15. The standard InChI is InChI=1S/C25H27F6N3O2.C5H10/c1-13-8-15(14-4-6-16(7-5-14)24(26,27)28)9-17(32-13)12-36-18-10-19(25(29,30)31)21-20(11-18)33-22(34-21)23(2,3)35;1-5-3-2-4-5/h4-7,10-11,13,15,17,32,35H,8-9,12H2,1-3H3,(H,33,34);5H,2-4H2,1H3. The zero-order valence-corrected chi connectivity index (χ0v) is 23.6. The van der Waals surface area contributed by atoms with E-state index in [2.05, 4.69) is 22.2 Å².